The molecule has 0 radical (unpaired) electrons. The molecule has 0 aliphatic rings. The standard InChI is InChI=1S/C24H33N7S.C4H4O4/c1-5-13-25-22-27-23(26-14-6-2)29-24(28-22)31(8-4)16-15-30(7-3)18-20-17-19-11-9-10-12-21(19)32-20;5-3(6)1-2-4(7)8/h5-6,9-12,17H,1-2,7-8,13-16,18H2,3-4H3,(H2,25,26,27,28,29);1-2H,(H,5,6)(H,7,8)/b;2-1+. The first-order valence-corrected chi connectivity index (χ1v) is 13.6. The Hall–Kier alpha value is -4.29. The molecule has 2 heterocycles. The van der Waals surface area contributed by atoms with Gasteiger partial charge in [-0.25, -0.2) is 9.59 Å². The molecule has 0 unspecified atom stereocenters. The zero-order valence-corrected chi connectivity index (χ0v) is 23.7. The Labute approximate surface area is 238 Å². The lowest BCUT2D eigenvalue weighted by Crippen LogP contribution is -2.36. The van der Waals surface area contributed by atoms with Crippen LogP contribution in [-0.2, 0) is 16.1 Å². The number of likely N-dealkylation sites (N-methyl/N-ethyl adjacent to an activating group) is 2. The Morgan fingerprint density at radius 2 is 1.52 bits per heavy atom. The van der Waals surface area contributed by atoms with Gasteiger partial charge in [-0.1, -0.05) is 37.3 Å². The second kappa shape index (κ2) is 17.3. The summed E-state index contributed by atoms with van der Waals surface area (Å²) < 4.78 is 1.35. The van der Waals surface area contributed by atoms with E-state index in [2.05, 4.69) is 92.7 Å². The molecule has 0 atom stereocenters. The number of hydrogen-bond donors (Lipinski definition) is 4. The summed E-state index contributed by atoms with van der Waals surface area (Å²) in [4.78, 5) is 38.8. The third-order valence-electron chi connectivity index (χ3n) is 5.46. The summed E-state index contributed by atoms with van der Waals surface area (Å²) in [6.45, 7) is 17.5. The maximum Gasteiger partial charge on any atom is 0.328 e. The highest BCUT2D eigenvalue weighted by atomic mass is 32.1. The first-order valence-electron chi connectivity index (χ1n) is 12.8. The zero-order chi connectivity index (χ0) is 29.3. The lowest BCUT2D eigenvalue weighted by atomic mass is 10.2. The quantitative estimate of drug-likeness (QED) is 0.145. The number of fused-ring (bicyclic) bond motifs is 1. The summed E-state index contributed by atoms with van der Waals surface area (Å²) in [5.41, 5.74) is 0. The van der Waals surface area contributed by atoms with Crippen molar-refractivity contribution in [2.45, 2.75) is 20.4 Å². The van der Waals surface area contributed by atoms with E-state index in [0.717, 1.165) is 32.7 Å². The molecular weight excluding hydrogens is 530 g/mol. The van der Waals surface area contributed by atoms with E-state index >= 15 is 0 Å². The second-order valence-corrected chi connectivity index (χ2v) is 9.50. The largest absolute Gasteiger partial charge is 0.478 e. The Morgan fingerprint density at radius 3 is 2.02 bits per heavy atom. The molecule has 1 aromatic carbocycles. The minimum absolute atomic E-state index is 0.539. The summed E-state index contributed by atoms with van der Waals surface area (Å²) in [7, 11) is 0. The van der Waals surface area contributed by atoms with Gasteiger partial charge in [0.1, 0.15) is 0 Å². The molecule has 3 rings (SSSR count). The van der Waals surface area contributed by atoms with Crippen LogP contribution in [0, 0.1) is 0 Å². The van der Waals surface area contributed by atoms with E-state index in [1.54, 1.807) is 12.2 Å². The topological polar surface area (TPSA) is 144 Å². The molecule has 2 aromatic heterocycles. The fourth-order valence-corrected chi connectivity index (χ4v) is 4.59. The van der Waals surface area contributed by atoms with E-state index in [0.29, 0.717) is 43.1 Å². The fraction of sp³-hybridized carbons (Fsp3) is 0.321. The van der Waals surface area contributed by atoms with Gasteiger partial charge in [0.25, 0.3) is 0 Å². The van der Waals surface area contributed by atoms with Gasteiger partial charge < -0.3 is 25.7 Å². The molecule has 11 nitrogen and oxygen atoms in total. The van der Waals surface area contributed by atoms with Crippen molar-refractivity contribution in [1.29, 1.82) is 0 Å². The predicted molar refractivity (Wildman–Crippen MR) is 162 cm³/mol. The predicted octanol–water partition coefficient (Wildman–Crippen LogP) is 4.34. The van der Waals surface area contributed by atoms with Crippen molar-refractivity contribution in [2.75, 3.05) is 54.8 Å². The summed E-state index contributed by atoms with van der Waals surface area (Å²) in [5, 5.41) is 23.3. The van der Waals surface area contributed by atoms with Crippen LogP contribution < -0.4 is 15.5 Å². The van der Waals surface area contributed by atoms with E-state index in [4.69, 9.17) is 10.2 Å². The van der Waals surface area contributed by atoms with Crippen LogP contribution >= 0.6 is 11.3 Å². The van der Waals surface area contributed by atoms with E-state index in [-0.39, 0.29) is 0 Å². The third-order valence-corrected chi connectivity index (χ3v) is 6.56. The Balaban J connectivity index is 0.000000611. The van der Waals surface area contributed by atoms with E-state index in [1.807, 2.05) is 11.3 Å². The SMILES string of the molecule is C=CCNc1nc(NCC=C)nc(N(CC)CCN(CC)Cc2cc3ccccc3s2)n1.O=C(O)/C=C/C(=O)O. The molecule has 0 aliphatic carbocycles. The maximum atomic E-state index is 9.55. The van der Waals surface area contributed by atoms with Crippen molar-refractivity contribution in [3.8, 4) is 0 Å². The van der Waals surface area contributed by atoms with Gasteiger partial charge in [-0.2, -0.15) is 15.0 Å². The van der Waals surface area contributed by atoms with Gasteiger partial charge in [0.15, 0.2) is 0 Å². The van der Waals surface area contributed by atoms with Gasteiger partial charge in [0.2, 0.25) is 17.8 Å². The van der Waals surface area contributed by atoms with Gasteiger partial charge in [-0.05, 0) is 31.0 Å². The van der Waals surface area contributed by atoms with Crippen molar-refractivity contribution in [1.82, 2.24) is 19.9 Å². The Kier molecular flexibility index (Phi) is 13.8. The van der Waals surface area contributed by atoms with Crippen molar-refractivity contribution < 1.29 is 19.8 Å². The van der Waals surface area contributed by atoms with Crippen LogP contribution in [0.1, 0.15) is 18.7 Å². The first kappa shape index (κ1) is 31.9. The van der Waals surface area contributed by atoms with E-state index < -0.39 is 11.9 Å². The molecule has 40 heavy (non-hydrogen) atoms. The zero-order valence-electron chi connectivity index (χ0n) is 22.9. The molecule has 0 saturated carbocycles. The second-order valence-electron chi connectivity index (χ2n) is 8.33. The highest BCUT2D eigenvalue weighted by Crippen LogP contribution is 2.26. The van der Waals surface area contributed by atoms with Crippen LogP contribution in [-0.4, -0.2) is 81.3 Å². The summed E-state index contributed by atoms with van der Waals surface area (Å²) in [6.07, 6.45) is 4.68. The third kappa shape index (κ3) is 11.2. The number of aromatic nitrogens is 3. The number of rotatable bonds is 16. The first-order chi connectivity index (χ1) is 19.3. The van der Waals surface area contributed by atoms with Gasteiger partial charge in [-0.15, -0.1) is 24.5 Å². The molecule has 3 aromatic rings. The number of hydrogen-bond acceptors (Lipinski definition) is 10. The number of aliphatic carboxylic acids is 2. The highest BCUT2D eigenvalue weighted by Gasteiger charge is 2.14. The van der Waals surface area contributed by atoms with E-state index in [9.17, 15) is 9.59 Å². The molecule has 0 spiro atoms. The smallest absolute Gasteiger partial charge is 0.328 e. The van der Waals surface area contributed by atoms with Gasteiger partial charge in [0.05, 0.1) is 0 Å². The Morgan fingerprint density at radius 1 is 0.925 bits per heavy atom. The fourth-order valence-electron chi connectivity index (χ4n) is 3.48. The maximum absolute atomic E-state index is 9.55. The van der Waals surface area contributed by atoms with Crippen LogP contribution in [0.3, 0.4) is 0 Å². The van der Waals surface area contributed by atoms with Crippen molar-refractivity contribution in [3.63, 3.8) is 0 Å². The van der Waals surface area contributed by atoms with Crippen LogP contribution in [0.2, 0.25) is 0 Å². The van der Waals surface area contributed by atoms with Crippen LogP contribution in [0.5, 0.6) is 0 Å². The molecule has 4 N–H and O–H groups in total. The molecule has 12 heteroatoms. The van der Waals surface area contributed by atoms with Gasteiger partial charge >= 0.3 is 11.9 Å². The van der Waals surface area contributed by atoms with Gasteiger partial charge in [-0.3, -0.25) is 4.90 Å². The Bertz CT molecular complexity index is 1220. The van der Waals surface area contributed by atoms with Crippen LogP contribution in [0.25, 0.3) is 10.1 Å². The number of carboxylic acids is 2. The number of benzene rings is 1. The lowest BCUT2D eigenvalue weighted by molar-refractivity contribution is -0.134. The van der Waals surface area contributed by atoms with E-state index in [1.165, 1.54) is 15.0 Å². The highest BCUT2D eigenvalue weighted by molar-refractivity contribution is 7.19. The summed E-state index contributed by atoms with van der Waals surface area (Å²) in [6, 6.07) is 10.9. The minimum atomic E-state index is -1.26. The van der Waals surface area contributed by atoms with Crippen molar-refractivity contribution in [3.05, 3.63) is 72.7 Å². The molecular formula is C28H37N7O4S. The van der Waals surface area contributed by atoms with Gasteiger partial charge in [0, 0.05) is 61.0 Å². The molecule has 0 saturated heterocycles. The van der Waals surface area contributed by atoms with Crippen LogP contribution in [0.4, 0.5) is 17.8 Å². The lowest BCUT2D eigenvalue weighted by Gasteiger charge is -2.26. The molecule has 0 bridgehead atoms. The number of thiophene rings is 1. The summed E-state index contributed by atoms with van der Waals surface area (Å²) >= 11 is 1.88. The molecule has 0 amide bonds. The number of nitrogens with one attached hydrogen (secondary N) is 2. The normalized spacial score (nSPS) is 10.7. The minimum Gasteiger partial charge on any atom is -0.478 e. The average Bonchev–Trinajstić information content (AvgIpc) is 3.36. The molecule has 0 fully saturated rings. The molecule has 214 valence electrons. The number of carboxylic acid groups (broad SMARTS) is 2. The summed E-state index contributed by atoms with van der Waals surface area (Å²) in [5.74, 6) is -0.770. The average molecular weight is 568 g/mol. The molecule has 0 aliphatic heterocycles. The monoisotopic (exact) mass is 567 g/mol. The van der Waals surface area contributed by atoms with Crippen molar-refractivity contribution >= 4 is 51.2 Å². The number of carbonyl (C=O) groups is 2. The number of anilines is 3. The van der Waals surface area contributed by atoms with Crippen LogP contribution in [0.15, 0.2) is 67.8 Å². The number of nitrogens with zero attached hydrogens (tertiary/aromatic N) is 5. The van der Waals surface area contributed by atoms with Crippen molar-refractivity contribution in [2.24, 2.45) is 0 Å².